The van der Waals surface area contributed by atoms with Crippen molar-refractivity contribution in [3.05, 3.63) is 23.9 Å². The van der Waals surface area contributed by atoms with Gasteiger partial charge in [-0.3, -0.25) is 9.69 Å². The van der Waals surface area contributed by atoms with Crippen LogP contribution in [0.1, 0.15) is 18.9 Å². The largest absolute Gasteiger partial charge is 0.302 e. The molecule has 1 saturated heterocycles. The number of hydrogen-bond donors (Lipinski definition) is 0. The quantitative estimate of drug-likeness (QED) is 0.782. The van der Waals surface area contributed by atoms with E-state index in [-0.39, 0.29) is 18.9 Å². The predicted molar refractivity (Wildman–Crippen MR) is 69.0 cm³/mol. The Bertz CT molecular complexity index is 588. The highest BCUT2D eigenvalue weighted by Crippen LogP contribution is 2.25. The minimum absolute atomic E-state index is 0.0428. The molecule has 0 N–H and O–H groups in total. The number of halogens is 1. The van der Waals surface area contributed by atoms with E-state index >= 15 is 0 Å². The number of aromatic nitrogens is 1. The first kappa shape index (κ1) is 13.9. The Morgan fingerprint density at radius 1 is 1.53 bits per heavy atom. The number of amides is 1. The van der Waals surface area contributed by atoms with Crippen molar-refractivity contribution in [2.45, 2.75) is 19.8 Å². The van der Waals surface area contributed by atoms with E-state index in [0.29, 0.717) is 5.82 Å². The normalized spacial score (nSPS) is 20.0. The molecule has 2 rings (SSSR count). The number of aryl methyl sites for hydroxylation is 1. The summed E-state index contributed by atoms with van der Waals surface area (Å²) in [5.74, 6) is -0.824. The second kappa shape index (κ2) is 5.24. The van der Waals surface area contributed by atoms with E-state index < -0.39 is 21.9 Å². The molecule has 1 aromatic rings. The van der Waals surface area contributed by atoms with Crippen molar-refractivity contribution in [2.75, 3.05) is 17.2 Å². The Hall–Kier alpha value is -1.50. The molecule has 0 bridgehead atoms. The van der Waals surface area contributed by atoms with Gasteiger partial charge in [0.25, 0.3) is 0 Å². The van der Waals surface area contributed by atoms with Gasteiger partial charge in [-0.2, -0.15) is 8.42 Å². The van der Waals surface area contributed by atoms with E-state index in [1.807, 2.05) is 13.0 Å². The van der Waals surface area contributed by atoms with Crippen molar-refractivity contribution >= 4 is 21.9 Å². The van der Waals surface area contributed by atoms with Gasteiger partial charge in [0.15, 0.2) is 0 Å². The Kier molecular flexibility index (Phi) is 3.84. The molecule has 0 aromatic carbocycles. The molecule has 1 amide bonds. The SMILES string of the molecule is CCc1ccnc(N2CC(CS(=O)(=O)F)CC2=O)c1. The van der Waals surface area contributed by atoms with E-state index in [9.17, 15) is 17.1 Å². The Morgan fingerprint density at radius 2 is 2.26 bits per heavy atom. The van der Waals surface area contributed by atoms with Crippen LogP contribution in [0.15, 0.2) is 18.3 Å². The van der Waals surface area contributed by atoms with Crippen LogP contribution in [0.3, 0.4) is 0 Å². The van der Waals surface area contributed by atoms with Crippen LogP contribution in [-0.2, 0) is 21.4 Å². The number of carbonyl (C=O) groups excluding carboxylic acids is 1. The van der Waals surface area contributed by atoms with Crippen LogP contribution in [0.5, 0.6) is 0 Å². The minimum Gasteiger partial charge on any atom is -0.296 e. The summed E-state index contributed by atoms with van der Waals surface area (Å²) in [7, 11) is -4.55. The third kappa shape index (κ3) is 3.50. The number of anilines is 1. The van der Waals surface area contributed by atoms with Gasteiger partial charge in [-0.15, -0.1) is 3.89 Å². The standard InChI is InChI=1S/C12H15FN2O3S/c1-2-9-3-4-14-11(5-9)15-7-10(6-12(15)16)8-19(13,17)18/h3-5,10H,2,6-8H2,1H3. The second-order valence-electron chi connectivity index (χ2n) is 4.66. The maximum atomic E-state index is 12.6. The number of nitrogens with zero attached hydrogens (tertiary/aromatic N) is 2. The van der Waals surface area contributed by atoms with Crippen molar-refractivity contribution in [1.29, 1.82) is 0 Å². The fourth-order valence-electron chi connectivity index (χ4n) is 2.22. The smallest absolute Gasteiger partial charge is 0.296 e. The average molecular weight is 286 g/mol. The minimum atomic E-state index is -4.55. The van der Waals surface area contributed by atoms with Gasteiger partial charge in [0.05, 0.1) is 5.75 Å². The first-order valence-electron chi connectivity index (χ1n) is 6.06. The molecule has 1 aliphatic rings. The van der Waals surface area contributed by atoms with Crippen molar-refractivity contribution in [3.8, 4) is 0 Å². The summed E-state index contributed by atoms with van der Waals surface area (Å²) in [6.07, 6.45) is 2.47. The molecule has 0 radical (unpaired) electrons. The van der Waals surface area contributed by atoms with E-state index in [1.54, 1.807) is 12.3 Å². The summed E-state index contributed by atoms with van der Waals surface area (Å²) in [4.78, 5) is 17.4. The Balaban J connectivity index is 2.15. The van der Waals surface area contributed by atoms with Crippen LogP contribution in [-0.4, -0.2) is 31.6 Å². The maximum Gasteiger partial charge on any atom is 0.302 e. The Labute approximate surface area is 111 Å². The molecule has 1 aliphatic heterocycles. The molecule has 1 fully saturated rings. The van der Waals surface area contributed by atoms with Crippen LogP contribution >= 0.6 is 0 Å². The highest BCUT2D eigenvalue weighted by molar-refractivity contribution is 7.86. The monoisotopic (exact) mass is 286 g/mol. The van der Waals surface area contributed by atoms with Gasteiger partial charge in [0.2, 0.25) is 5.91 Å². The number of rotatable bonds is 4. The zero-order valence-electron chi connectivity index (χ0n) is 10.5. The molecule has 0 saturated carbocycles. The highest BCUT2D eigenvalue weighted by Gasteiger charge is 2.34. The van der Waals surface area contributed by atoms with Gasteiger partial charge >= 0.3 is 10.2 Å². The lowest BCUT2D eigenvalue weighted by molar-refractivity contribution is -0.117. The summed E-state index contributed by atoms with van der Waals surface area (Å²) in [6, 6.07) is 3.65. The van der Waals surface area contributed by atoms with Gasteiger partial charge < -0.3 is 0 Å². The summed E-state index contributed by atoms with van der Waals surface area (Å²) in [5, 5.41) is 0. The van der Waals surface area contributed by atoms with E-state index in [4.69, 9.17) is 0 Å². The van der Waals surface area contributed by atoms with Crippen LogP contribution < -0.4 is 4.90 Å². The molecule has 2 heterocycles. The topological polar surface area (TPSA) is 67.3 Å². The summed E-state index contributed by atoms with van der Waals surface area (Å²) >= 11 is 0. The fourth-order valence-corrected chi connectivity index (χ4v) is 3.01. The number of hydrogen-bond acceptors (Lipinski definition) is 4. The van der Waals surface area contributed by atoms with Gasteiger partial charge in [0.1, 0.15) is 5.82 Å². The van der Waals surface area contributed by atoms with Crippen molar-refractivity contribution in [2.24, 2.45) is 5.92 Å². The van der Waals surface area contributed by atoms with E-state index in [0.717, 1.165) is 12.0 Å². The number of pyridine rings is 1. The highest BCUT2D eigenvalue weighted by atomic mass is 32.3. The third-order valence-electron chi connectivity index (χ3n) is 3.13. The van der Waals surface area contributed by atoms with Crippen molar-refractivity contribution < 1.29 is 17.1 Å². The molecule has 0 spiro atoms. The zero-order chi connectivity index (χ0) is 14.0. The van der Waals surface area contributed by atoms with E-state index in [2.05, 4.69) is 4.98 Å². The molecule has 1 unspecified atom stereocenters. The molecular formula is C12H15FN2O3S. The van der Waals surface area contributed by atoms with Crippen LogP contribution in [0.25, 0.3) is 0 Å². The van der Waals surface area contributed by atoms with Crippen LogP contribution in [0, 0.1) is 5.92 Å². The van der Waals surface area contributed by atoms with Gasteiger partial charge in [-0.1, -0.05) is 6.92 Å². The first-order valence-corrected chi connectivity index (χ1v) is 7.62. The molecule has 1 atom stereocenters. The van der Waals surface area contributed by atoms with Gasteiger partial charge in [0, 0.05) is 25.1 Å². The molecule has 104 valence electrons. The van der Waals surface area contributed by atoms with Crippen molar-refractivity contribution in [3.63, 3.8) is 0 Å². The summed E-state index contributed by atoms with van der Waals surface area (Å²) < 4.78 is 33.9. The van der Waals surface area contributed by atoms with Gasteiger partial charge in [-0.25, -0.2) is 4.98 Å². The average Bonchev–Trinajstić information content (AvgIpc) is 2.68. The fraction of sp³-hybridized carbons (Fsp3) is 0.500. The summed E-state index contributed by atoms with van der Waals surface area (Å²) in [6.45, 7) is 2.19. The molecule has 7 heteroatoms. The van der Waals surface area contributed by atoms with Crippen LogP contribution in [0.2, 0.25) is 0 Å². The Morgan fingerprint density at radius 3 is 2.89 bits per heavy atom. The second-order valence-corrected chi connectivity index (χ2v) is 6.07. The lowest BCUT2D eigenvalue weighted by Crippen LogP contribution is -2.26. The number of carbonyl (C=O) groups is 1. The predicted octanol–water partition coefficient (Wildman–Crippen LogP) is 1.30. The third-order valence-corrected chi connectivity index (χ3v) is 4.00. The molecule has 5 nitrogen and oxygen atoms in total. The molecule has 19 heavy (non-hydrogen) atoms. The molecule has 1 aromatic heterocycles. The molecule has 0 aliphatic carbocycles. The first-order chi connectivity index (χ1) is 8.89. The summed E-state index contributed by atoms with van der Waals surface area (Å²) in [5.41, 5.74) is 1.04. The van der Waals surface area contributed by atoms with Gasteiger partial charge in [-0.05, 0) is 24.1 Å². The van der Waals surface area contributed by atoms with Crippen molar-refractivity contribution in [1.82, 2.24) is 4.98 Å². The lowest BCUT2D eigenvalue weighted by Gasteiger charge is -2.15. The maximum absolute atomic E-state index is 12.6. The lowest BCUT2D eigenvalue weighted by atomic mass is 10.1. The zero-order valence-corrected chi connectivity index (χ0v) is 11.4. The molecular weight excluding hydrogens is 271 g/mol. The van der Waals surface area contributed by atoms with Crippen LogP contribution in [0.4, 0.5) is 9.70 Å². The van der Waals surface area contributed by atoms with E-state index in [1.165, 1.54) is 4.90 Å².